The van der Waals surface area contributed by atoms with Gasteiger partial charge in [-0.15, -0.1) is 0 Å². The maximum Gasteiger partial charge on any atom is 0.0114 e. The van der Waals surface area contributed by atoms with Gasteiger partial charge < -0.3 is 0 Å². The summed E-state index contributed by atoms with van der Waals surface area (Å²) in [4.78, 5) is 0. The summed E-state index contributed by atoms with van der Waals surface area (Å²) in [6, 6.07) is 11.6. The second-order valence-corrected chi connectivity index (χ2v) is 11.1. The lowest BCUT2D eigenvalue weighted by molar-refractivity contribution is 0.342. The molecule has 0 aromatic heterocycles. The van der Waals surface area contributed by atoms with Gasteiger partial charge >= 0.3 is 0 Å². The van der Waals surface area contributed by atoms with E-state index in [1.165, 1.54) is 107 Å². The standard InChI is InChI=1S/C26H48Si/c1-4-7-10-16-21-25(24-19-14-13-15-20-24)26(27,22-17-11-8-5-2)23-18-12-9-6-3/h13-15,19-20,25H,4-12,16-18,21-23H2,1-3,27H3. The third kappa shape index (κ3) is 9.97. The highest BCUT2D eigenvalue weighted by molar-refractivity contribution is 6.15. The van der Waals surface area contributed by atoms with Gasteiger partial charge in [-0.3, -0.25) is 0 Å². The molecular weight excluding hydrogens is 340 g/mol. The van der Waals surface area contributed by atoms with Gasteiger partial charge in [0.25, 0.3) is 0 Å². The van der Waals surface area contributed by atoms with Crippen LogP contribution < -0.4 is 0 Å². The Labute approximate surface area is 174 Å². The Kier molecular flexibility index (Phi) is 13.9. The molecule has 1 aromatic carbocycles. The third-order valence-electron chi connectivity index (χ3n) is 6.59. The highest BCUT2D eigenvalue weighted by Crippen LogP contribution is 2.51. The number of rotatable bonds is 17. The molecule has 1 atom stereocenters. The van der Waals surface area contributed by atoms with Gasteiger partial charge in [0, 0.05) is 10.2 Å². The van der Waals surface area contributed by atoms with Gasteiger partial charge in [0.2, 0.25) is 0 Å². The van der Waals surface area contributed by atoms with Crippen LogP contribution in [-0.2, 0) is 0 Å². The second-order valence-electron chi connectivity index (χ2n) is 9.09. The Morgan fingerprint density at radius 3 is 1.63 bits per heavy atom. The van der Waals surface area contributed by atoms with Crippen molar-refractivity contribution in [2.24, 2.45) is 0 Å². The van der Waals surface area contributed by atoms with E-state index in [0.29, 0.717) is 5.04 Å². The first-order valence-corrected chi connectivity index (χ1v) is 13.2. The van der Waals surface area contributed by atoms with Gasteiger partial charge in [-0.2, -0.15) is 0 Å². The van der Waals surface area contributed by atoms with Gasteiger partial charge in [0.05, 0.1) is 0 Å². The number of hydrogen-bond acceptors (Lipinski definition) is 0. The zero-order valence-corrected chi connectivity index (χ0v) is 21.1. The lowest BCUT2D eigenvalue weighted by Crippen LogP contribution is -2.23. The molecule has 0 saturated carbocycles. The molecule has 1 aromatic rings. The van der Waals surface area contributed by atoms with Crippen molar-refractivity contribution < 1.29 is 0 Å². The van der Waals surface area contributed by atoms with E-state index in [4.69, 9.17) is 0 Å². The number of hydrogen-bond donors (Lipinski definition) is 0. The van der Waals surface area contributed by atoms with Gasteiger partial charge in [-0.1, -0.05) is 141 Å². The molecule has 0 amide bonds. The minimum Gasteiger partial charge on any atom is -0.0654 e. The molecule has 0 saturated heterocycles. The van der Waals surface area contributed by atoms with Crippen molar-refractivity contribution in [1.82, 2.24) is 0 Å². The van der Waals surface area contributed by atoms with Crippen molar-refractivity contribution in [3.63, 3.8) is 0 Å². The number of benzene rings is 1. The van der Waals surface area contributed by atoms with Crippen LogP contribution in [0.3, 0.4) is 0 Å². The van der Waals surface area contributed by atoms with Crippen molar-refractivity contribution in [2.45, 2.75) is 128 Å². The predicted octanol–water partition coefficient (Wildman–Crippen LogP) is 8.21. The van der Waals surface area contributed by atoms with Crippen LogP contribution in [0.1, 0.15) is 129 Å². The smallest absolute Gasteiger partial charge is 0.0114 e. The zero-order chi connectivity index (χ0) is 19.8. The molecule has 0 heterocycles. The average Bonchev–Trinajstić information content (AvgIpc) is 2.69. The van der Waals surface area contributed by atoms with Crippen LogP contribution in [0.25, 0.3) is 0 Å². The van der Waals surface area contributed by atoms with E-state index in [1.807, 2.05) is 0 Å². The van der Waals surface area contributed by atoms with Crippen LogP contribution in [0, 0.1) is 0 Å². The number of unbranched alkanes of at least 4 members (excludes halogenated alkanes) is 9. The molecule has 27 heavy (non-hydrogen) atoms. The van der Waals surface area contributed by atoms with Gasteiger partial charge in [-0.25, -0.2) is 0 Å². The summed E-state index contributed by atoms with van der Waals surface area (Å²) < 4.78 is 0. The van der Waals surface area contributed by atoms with E-state index in [2.05, 4.69) is 51.1 Å². The Hall–Kier alpha value is -0.563. The van der Waals surface area contributed by atoms with Crippen molar-refractivity contribution in [1.29, 1.82) is 0 Å². The molecule has 0 radical (unpaired) electrons. The summed E-state index contributed by atoms with van der Waals surface area (Å²) in [6.07, 6.45) is 21.2. The first-order chi connectivity index (χ1) is 13.2. The summed E-state index contributed by atoms with van der Waals surface area (Å²) in [5.41, 5.74) is 1.63. The topological polar surface area (TPSA) is 0 Å². The fourth-order valence-corrected chi connectivity index (χ4v) is 6.09. The molecule has 1 heteroatoms. The minimum absolute atomic E-state index is 0.606. The highest BCUT2D eigenvalue weighted by atomic mass is 28.1. The van der Waals surface area contributed by atoms with Crippen LogP contribution in [0.15, 0.2) is 30.3 Å². The first-order valence-electron chi connectivity index (χ1n) is 12.2. The van der Waals surface area contributed by atoms with Crippen molar-refractivity contribution in [3.8, 4) is 0 Å². The minimum atomic E-state index is 0.606. The van der Waals surface area contributed by atoms with E-state index in [9.17, 15) is 0 Å². The summed E-state index contributed by atoms with van der Waals surface area (Å²) in [6.45, 7) is 6.99. The summed E-state index contributed by atoms with van der Waals surface area (Å²) in [7, 11) is 1.34. The molecule has 1 unspecified atom stereocenters. The van der Waals surface area contributed by atoms with Crippen LogP contribution >= 0.6 is 0 Å². The lowest BCUT2D eigenvalue weighted by atomic mass is 9.75. The highest BCUT2D eigenvalue weighted by Gasteiger charge is 2.33. The van der Waals surface area contributed by atoms with Crippen molar-refractivity contribution in [3.05, 3.63) is 35.9 Å². The monoisotopic (exact) mass is 388 g/mol. The fourth-order valence-electron chi connectivity index (χ4n) is 4.76. The average molecular weight is 389 g/mol. The molecule has 0 bridgehead atoms. The zero-order valence-electron chi connectivity index (χ0n) is 19.1. The second kappa shape index (κ2) is 15.4. The summed E-state index contributed by atoms with van der Waals surface area (Å²) in [5, 5.41) is 0.606. The molecule has 0 aliphatic carbocycles. The fraction of sp³-hybridized carbons (Fsp3) is 0.769. The summed E-state index contributed by atoms with van der Waals surface area (Å²) in [5.74, 6) is 0.797. The SMILES string of the molecule is CCCCCCC(c1ccccc1)C([SiH3])(CCCCCC)CCCCCC. The lowest BCUT2D eigenvalue weighted by Gasteiger charge is -2.39. The first kappa shape index (κ1) is 24.5. The molecule has 156 valence electrons. The van der Waals surface area contributed by atoms with E-state index in [0.717, 1.165) is 5.92 Å². The molecule has 0 aliphatic heterocycles. The Morgan fingerprint density at radius 2 is 1.15 bits per heavy atom. The normalized spacial score (nSPS) is 13.1. The Morgan fingerprint density at radius 1 is 0.667 bits per heavy atom. The largest absolute Gasteiger partial charge is 0.0654 e. The Bertz CT molecular complexity index is 427. The predicted molar refractivity (Wildman–Crippen MR) is 128 cm³/mol. The van der Waals surface area contributed by atoms with E-state index >= 15 is 0 Å². The van der Waals surface area contributed by atoms with Crippen LogP contribution in [0.5, 0.6) is 0 Å². The van der Waals surface area contributed by atoms with Gasteiger partial charge in [0.1, 0.15) is 0 Å². The van der Waals surface area contributed by atoms with E-state index < -0.39 is 0 Å². The van der Waals surface area contributed by atoms with E-state index in [1.54, 1.807) is 5.56 Å². The molecule has 0 spiro atoms. The van der Waals surface area contributed by atoms with Crippen molar-refractivity contribution >= 4 is 10.2 Å². The third-order valence-corrected chi connectivity index (χ3v) is 8.29. The summed E-state index contributed by atoms with van der Waals surface area (Å²) >= 11 is 0. The molecule has 0 nitrogen and oxygen atoms in total. The molecule has 0 N–H and O–H groups in total. The van der Waals surface area contributed by atoms with Crippen molar-refractivity contribution in [2.75, 3.05) is 0 Å². The van der Waals surface area contributed by atoms with Gasteiger partial charge in [0.15, 0.2) is 0 Å². The maximum atomic E-state index is 2.43. The van der Waals surface area contributed by atoms with E-state index in [-0.39, 0.29) is 0 Å². The van der Waals surface area contributed by atoms with Crippen LogP contribution in [0.4, 0.5) is 0 Å². The quantitative estimate of drug-likeness (QED) is 0.186. The van der Waals surface area contributed by atoms with Gasteiger partial charge in [-0.05, 0) is 22.9 Å². The molecular formula is C26H48Si. The van der Waals surface area contributed by atoms with Crippen LogP contribution in [-0.4, -0.2) is 10.2 Å². The molecule has 0 fully saturated rings. The Balaban J connectivity index is 2.87. The molecule has 1 rings (SSSR count). The maximum absolute atomic E-state index is 2.43. The molecule has 0 aliphatic rings. The van der Waals surface area contributed by atoms with Crippen LogP contribution in [0.2, 0.25) is 5.04 Å².